The van der Waals surface area contributed by atoms with E-state index in [1.807, 2.05) is 18.2 Å². The zero-order chi connectivity index (χ0) is 37.0. The van der Waals surface area contributed by atoms with E-state index in [9.17, 15) is 14.4 Å². The summed E-state index contributed by atoms with van der Waals surface area (Å²) in [6.45, 7) is 6.42. The van der Waals surface area contributed by atoms with Crippen LogP contribution >= 0.6 is 0 Å². The second-order valence-corrected chi connectivity index (χ2v) is 13.9. The predicted molar refractivity (Wildman–Crippen MR) is 211 cm³/mol. The number of rotatable bonds is 9. The number of benzene rings is 3. The van der Waals surface area contributed by atoms with Crippen LogP contribution in [0.25, 0.3) is 11.3 Å². The summed E-state index contributed by atoms with van der Waals surface area (Å²) in [5.41, 5.74) is 12.7. The van der Waals surface area contributed by atoms with Crippen molar-refractivity contribution in [3.8, 4) is 11.3 Å². The SMILES string of the molecule is CN(CCN1CCOCC1)C(=O)Nc1cccc(C(=O)Nc2ccc(N3CCCCC3)cc2-c2cc(C(N)=O)ccn2)c1.c1ccc2c(c1)CCCC2. The number of carbonyl (C=O) groups excluding carboxylic acids is 3. The molecule has 53 heavy (non-hydrogen) atoms. The number of piperidine rings is 1. The number of pyridine rings is 1. The number of nitrogens with two attached hydrogens (primary N) is 1. The number of nitrogens with zero attached hydrogens (tertiary/aromatic N) is 4. The molecular weight excluding hydrogens is 667 g/mol. The maximum absolute atomic E-state index is 13.5. The van der Waals surface area contributed by atoms with Crippen molar-refractivity contribution in [1.29, 1.82) is 0 Å². The number of anilines is 3. The summed E-state index contributed by atoms with van der Waals surface area (Å²) in [6.07, 6.45) is 10.4. The molecule has 2 saturated heterocycles. The molecule has 0 atom stereocenters. The van der Waals surface area contributed by atoms with Gasteiger partial charge < -0.3 is 30.9 Å². The fraction of sp³-hybridized carbons (Fsp3) is 0.381. The molecule has 7 rings (SSSR count). The van der Waals surface area contributed by atoms with E-state index < -0.39 is 5.91 Å². The number of ether oxygens (including phenoxy) is 1. The second-order valence-electron chi connectivity index (χ2n) is 13.9. The van der Waals surface area contributed by atoms with Gasteiger partial charge in [-0.15, -0.1) is 0 Å². The lowest BCUT2D eigenvalue weighted by molar-refractivity contribution is 0.0359. The Morgan fingerprint density at radius 2 is 1.53 bits per heavy atom. The molecule has 2 aliphatic heterocycles. The fourth-order valence-corrected chi connectivity index (χ4v) is 6.98. The standard InChI is InChI=1S/C32H39N7O4.C10H12/c1-37(14-15-38-16-18-43-19-17-38)32(42)35-25-7-5-6-24(20-25)31(41)36-28-9-8-26(39-12-3-2-4-13-39)22-27(28)29-21-23(30(33)40)10-11-34-29;1-2-6-10-8-4-3-7-9(10)5-1/h5-11,20-22H,2-4,12-19H2,1H3,(H2,33,40)(H,35,42)(H,36,41);1-2,5-6H,3-4,7-8H2. The van der Waals surface area contributed by atoms with Gasteiger partial charge in [0.1, 0.15) is 0 Å². The molecule has 1 aliphatic carbocycles. The molecule has 11 heteroatoms. The van der Waals surface area contributed by atoms with E-state index in [4.69, 9.17) is 10.5 Å². The molecule has 278 valence electrons. The second kappa shape index (κ2) is 18.5. The number of aryl methyl sites for hydroxylation is 2. The van der Waals surface area contributed by atoms with E-state index in [1.165, 1.54) is 32.1 Å². The quantitative estimate of drug-likeness (QED) is 0.181. The highest BCUT2D eigenvalue weighted by molar-refractivity contribution is 6.07. The van der Waals surface area contributed by atoms with Crippen molar-refractivity contribution in [2.45, 2.75) is 44.9 Å². The van der Waals surface area contributed by atoms with Crippen molar-refractivity contribution >= 4 is 34.9 Å². The van der Waals surface area contributed by atoms with Crippen LogP contribution in [-0.4, -0.2) is 92.2 Å². The Morgan fingerprint density at radius 3 is 2.25 bits per heavy atom. The van der Waals surface area contributed by atoms with E-state index >= 15 is 0 Å². The molecule has 4 amide bonds. The number of morpholine rings is 1. The molecule has 0 radical (unpaired) electrons. The van der Waals surface area contributed by atoms with Crippen LogP contribution in [0.2, 0.25) is 0 Å². The van der Waals surface area contributed by atoms with Crippen LogP contribution in [-0.2, 0) is 17.6 Å². The number of urea groups is 1. The molecule has 3 heterocycles. The minimum atomic E-state index is -0.549. The summed E-state index contributed by atoms with van der Waals surface area (Å²) in [5.74, 6) is -0.887. The first-order valence-electron chi connectivity index (χ1n) is 18.8. The largest absolute Gasteiger partial charge is 0.379 e. The average Bonchev–Trinajstić information content (AvgIpc) is 3.21. The maximum atomic E-state index is 13.5. The highest BCUT2D eigenvalue weighted by Gasteiger charge is 2.19. The third-order valence-electron chi connectivity index (χ3n) is 10.1. The van der Waals surface area contributed by atoms with E-state index in [0.29, 0.717) is 53.5 Å². The number of carbonyl (C=O) groups is 3. The maximum Gasteiger partial charge on any atom is 0.321 e. The van der Waals surface area contributed by atoms with Gasteiger partial charge >= 0.3 is 6.03 Å². The first-order valence-corrected chi connectivity index (χ1v) is 18.8. The van der Waals surface area contributed by atoms with Gasteiger partial charge in [-0.3, -0.25) is 19.5 Å². The van der Waals surface area contributed by atoms with Crippen molar-refractivity contribution in [1.82, 2.24) is 14.8 Å². The molecule has 0 unspecified atom stereocenters. The number of hydrogen-bond donors (Lipinski definition) is 3. The zero-order valence-corrected chi connectivity index (χ0v) is 30.7. The number of nitrogens with one attached hydrogen (secondary N) is 2. The van der Waals surface area contributed by atoms with Gasteiger partial charge in [-0.2, -0.15) is 0 Å². The topological polar surface area (TPSA) is 133 Å². The molecule has 4 N–H and O–H groups in total. The summed E-state index contributed by atoms with van der Waals surface area (Å²) in [5, 5.41) is 5.90. The van der Waals surface area contributed by atoms with Crippen molar-refractivity contribution in [3.05, 3.63) is 107 Å². The van der Waals surface area contributed by atoms with E-state index in [0.717, 1.165) is 51.3 Å². The first-order chi connectivity index (χ1) is 25.8. The number of aromatic nitrogens is 1. The van der Waals surface area contributed by atoms with Crippen LogP contribution in [0.3, 0.4) is 0 Å². The minimum Gasteiger partial charge on any atom is -0.379 e. The molecule has 0 bridgehead atoms. The number of amides is 4. The molecular formula is C42H51N7O4. The number of fused-ring (bicyclic) bond motifs is 1. The van der Waals surface area contributed by atoms with Gasteiger partial charge in [0.25, 0.3) is 5.91 Å². The van der Waals surface area contributed by atoms with E-state index in [1.54, 1.807) is 65.7 Å². The van der Waals surface area contributed by atoms with Crippen LogP contribution < -0.4 is 21.3 Å². The van der Waals surface area contributed by atoms with Gasteiger partial charge in [-0.05, 0) is 105 Å². The fourth-order valence-electron chi connectivity index (χ4n) is 6.98. The normalized spacial score (nSPS) is 15.7. The number of primary amides is 1. The first kappa shape index (κ1) is 37.5. The summed E-state index contributed by atoms with van der Waals surface area (Å²) in [7, 11) is 1.75. The van der Waals surface area contributed by atoms with Crippen LogP contribution in [0.15, 0.2) is 85.1 Å². The third-order valence-corrected chi connectivity index (χ3v) is 10.1. The lowest BCUT2D eigenvalue weighted by Crippen LogP contribution is -2.42. The van der Waals surface area contributed by atoms with Gasteiger partial charge in [0, 0.05) is 80.6 Å². The lowest BCUT2D eigenvalue weighted by atomic mass is 9.92. The monoisotopic (exact) mass is 717 g/mol. The Morgan fingerprint density at radius 1 is 0.792 bits per heavy atom. The van der Waals surface area contributed by atoms with Crippen molar-refractivity contribution in [2.75, 3.05) is 75.1 Å². The molecule has 1 aromatic heterocycles. The molecule has 3 aromatic carbocycles. The van der Waals surface area contributed by atoms with Crippen LogP contribution in [0.4, 0.5) is 21.9 Å². The van der Waals surface area contributed by atoms with Crippen LogP contribution in [0, 0.1) is 0 Å². The highest BCUT2D eigenvalue weighted by atomic mass is 16.5. The molecule has 0 spiro atoms. The Hall–Kier alpha value is -5.26. The average molecular weight is 718 g/mol. The van der Waals surface area contributed by atoms with Crippen molar-refractivity contribution in [2.24, 2.45) is 5.73 Å². The molecule has 4 aromatic rings. The van der Waals surface area contributed by atoms with Crippen molar-refractivity contribution in [3.63, 3.8) is 0 Å². The predicted octanol–water partition coefficient (Wildman–Crippen LogP) is 6.45. The van der Waals surface area contributed by atoms with Crippen LogP contribution in [0.1, 0.15) is 63.9 Å². The molecule has 3 aliphatic rings. The van der Waals surface area contributed by atoms with E-state index in [-0.39, 0.29) is 11.9 Å². The molecule has 2 fully saturated rings. The van der Waals surface area contributed by atoms with Gasteiger partial charge in [-0.1, -0.05) is 30.3 Å². The Bertz CT molecular complexity index is 1840. The molecule has 11 nitrogen and oxygen atoms in total. The Balaban J connectivity index is 0.000000411. The van der Waals surface area contributed by atoms with Gasteiger partial charge in [0.15, 0.2) is 0 Å². The van der Waals surface area contributed by atoms with Crippen molar-refractivity contribution < 1.29 is 19.1 Å². The van der Waals surface area contributed by atoms with Crippen LogP contribution in [0.5, 0.6) is 0 Å². The lowest BCUT2D eigenvalue weighted by Gasteiger charge is -2.29. The summed E-state index contributed by atoms with van der Waals surface area (Å²) in [4.78, 5) is 48.9. The van der Waals surface area contributed by atoms with E-state index in [2.05, 4.69) is 49.7 Å². The summed E-state index contributed by atoms with van der Waals surface area (Å²) < 4.78 is 5.38. The third kappa shape index (κ3) is 10.4. The Labute approximate surface area is 312 Å². The van der Waals surface area contributed by atoms with Gasteiger partial charge in [0.2, 0.25) is 5.91 Å². The van der Waals surface area contributed by atoms with Gasteiger partial charge in [0.05, 0.1) is 24.6 Å². The highest BCUT2D eigenvalue weighted by Crippen LogP contribution is 2.33. The summed E-state index contributed by atoms with van der Waals surface area (Å²) >= 11 is 0. The van der Waals surface area contributed by atoms with Gasteiger partial charge in [-0.25, -0.2) is 4.79 Å². The smallest absolute Gasteiger partial charge is 0.321 e. The number of hydrogen-bond acceptors (Lipinski definition) is 7. The number of likely N-dealkylation sites (N-methyl/N-ethyl adjacent to an activating group) is 1. The zero-order valence-electron chi connectivity index (χ0n) is 30.7. The minimum absolute atomic E-state index is 0.248. The summed E-state index contributed by atoms with van der Waals surface area (Å²) in [6, 6.07) is 24.4. The Kier molecular flexibility index (Phi) is 13.1. The molecule has 0 saturated carbocycles.